The number of aromatic nitrogens is 1. The number of carbonyl (C=O) groups is 2. The maximum absolute atomic E-state index is 12.7. The fourth-order valence-electron chi connectivity index (χ4n) is 2.58. The summed E-state index contributed by atoms with van der Waals surface area (Å²) in [4.78, 5) is 29.2. The Morgan fingerprint density at radius 2 is 1.92 bits per heavy atom. The van der Waals surface area contributed by atoms with Crippen molar-refractivity contribution in [1.82, 2.24) is 10.3 Å². The van der Waals surface area contributed by atoms with Gasteiger partial charge in [0.2, 0.25) is 5.91 Å². The Labute approximate surface area is 145 Å². The third-order valence-electron chi connectivity index (χ3n) is 3.88. The molecule has 0 aliphatic rings. The van der Waals surface area contributed by atoms with Crippen LogP contribution >= 0.6 is 0 Å². The second-order valence-electron chi connectivity index (χ2n) is 6.04. The molecule has 1 aromatic carbocycles. The summed E-state index contributed by atoms with van der Waals surface area (Å²) < 4.78 is 5.08. The van der Waals surface area contributed by atoms with Crippen LogP contribution < -0.4 is 10.6 Å². The van der Waals surface area contributed by atoms with Gasteiger partial charge in [-0.2, -0.15) is 0 Å². The Hall–Kier alpha value is -3.15. The average molecular weight is 337 g/mol. The van der Waals surface area contributed by atoms with Crippen molar-refractivity contribution in [2.24, 2.45) is 5.92 Å². The molecule has 2 N–H and O–H groups in total. The maximum atomic E-state index is 12.7. The predicted molar refractivity (Wildman–Crippen MR) is 95.2 cm³/mol. The Morgan fingerprint density at radius 1 is 1.08 bits per heavy atom. The van der Waals surface area contributed by atoms with E-state index in [-0.39, 0.29) is 17.6 Å². The number of fused-ring (bicyclic) bond motifs is 1. The highest BCUT2D eigenvalue weighted by Crippen LogP contribution is 2.22. The third-order valence-corrected chi connectivity index (χ3v) is 3.88. The maximum Gasteiger partial charge on any atom is 0.287 e. The number of hydrogen-bond donors (Lipinski definition) is 2. The fourth-order valence-corrected chi connectivity index (χ4v) is 2.58. The molecule has 0 bridgehead atoms. The lowest BCUT2D eigenvalue weighted by Crippen LogP contribution is -2.47. The van der Waals surface area contributed by atoms with Gasteiger partial charge in [0.05, 0.1) is 17.5 Å². The molecule has 25 heavy (non-hydrogen) atoms. The van der Waals surface area contributed by atoms with Crippen molar-refractivity contribution < 1.29 is 14.0 Å². The van der Waals surface area contributed by atoms with Crippen LogP contribution in [0, 0.1) is 5.92 Å². The number of furan rings is 1. The molecule has 6 heteroatoms. The van der Waals surface area contributed by atoms with Crippen LogP contribution in [0.5, 0.6) is 0 Å². The minimum absolute atomic E-state index is 0.0907. The normalized spacial score (nSPS) is 12.1. The molecule has 0 saturated heterocycles. The number of nitrogens with one attached hydrogen (secondary N) is 2. The second kappa shape index (κ2) is 7.17. The monoisotopic (exact) mass is 337 g/mol. The van der Waals surface area contributed by atoms with Crippen LogP contribution in [0.15, 0.2) is 59.3 Å². The molecule has 3 rings (SSSR count). The molecule has 1 unspecified atom stereocenters. The van der Waals surface area contributed by atoms with Crippen LogP contribution in [-0.2, 0) is 4.79 Å². The lowest BCUT2D eigenvalue weighted by Gasteiger charge is -2.21. The highest BCUT2D eigenvalue weighted by Gasteiger charge is 2.26. The summed E-state index contributed by atoms with van der Waals surface area (Å²) in [7, 11) is 0. The summed E-state index contributed by atoms with van der Waals surface area (Å²) >= 11 is 0. The smallest absolute Gasteiger partial charge is 0.287 e. The zero-order valence-electron chi connectivity index (χ0n) is 14.0. The van der Waals surface area contributed by atoms with E-state index < -0.39 is 11.9 Å². The zero-order chi connectivity index (χ0) is 17.8. The molecule has 0 fully saturated rings. The van der Waals surface area contributed by atoms with E-state index in [0.29, 0.717) is 5.69 Å². The predicted octanol–water partition coefficient (Wildman–Crippen LogP) is 3.22. The van der Waals surface area contributed by atoms with E-state index >= 15 is 0 Å². The molecule has 0 aliphatic carbocycles. The van der Waals surface area contributed by atoms with E-state index in [9.17, 15) is 9.59 Å². The van der Waals surface area contributed by atoms with Crippen molar-refractivity contribution >= 4 is 28.4 Å². The summed E-state index contributed by atoms with van der Waals surface area (Å²) in [5.74, 6) is -0.621. The number of nitrogens with zero attached hydrogens (tertiary/aromatic N) is 1. The number of hydrogen-bond acceptors (Lipinski definition) is 4. The SMILES string of the molecule is CC(C)C(NC(=O)c1ccco1)C(=O)Nc1cccc2ncccc12. The number of carbonyl (C=O) groups excluding carboxylic acids is 2. The van der Waals surface area contributed by atoms with E-state index in [1.54, 1.807) is 18.3 Å². The highest BCUT2D eigenvalue weighted by molar-refractivity contribution is 6.04. The minimum atomic E-state index is -0.690. The summed E-state index contributed by atoms with van der Waals surface area (Å²) in [5, 5.41) is 6.46. The average Bonchev–Trinajstić information content (AvgIpc) is 3.14. The molecular formula is C19H19N3O3. The molecule has 0 saturated carbocycles. The number of pyridine rings is 1. The van der Waals surface area contributed by atoms with Crippen molar-refractivity contribution in [1.29, 1.82) is 0 Å². The van der Waals surface area contributed by atoms with Crippen LogP contribution in [0.2, 0.25) is 0 Å². The summed E-state index contributed by atoms with van der Waals surface area (Å²) in [6.07, 6.45) is 3.12. The topological polar surface area (TPSA) is 84.2 Å². The number of benzene rings is 1. The minimum Gasteiger partial charge on any atom is -0.459 e. The largest absolute Gasteiger partial charge is 0.459 e. The highest BCUT2D eigenvalue weighted by atomic mass is 16.3. The Kier molecular flexibility index (Phi) is 4.79. The molecule has 0 aliphatic heterocycles. The Balaban J connectivity index is 1.80. The van der Waals surface area contributed by atoms with Gasteiger partial charge in [-0.25, -0.2) is 0 Å². The van der Waals surface area contributed by atoms with E-state index in [1.807, 2.05) is 44.2 Å². The first-order valence-corrected chi connectivity index (χ1v) is 8.05. The van der Waals surface area contributed by atoms with Gasteiger partial charge >= 0.3 is 0 Å². The van der Waals surface area contributed by atoms with Gasteiger partial charge < -0.3 is 15.1 Å². The van der Waals surface area contributed by atoms with Gasteiger partial charge in [-0.15, -0.1) is 0 Å². The number of rotatable bonds is 5. The lowest BCUT2D eigenvalue weighted by molar-refractivity contribution is -0.118. The van der Waals surface area contributed by atoms with E-state index in [4.69, 9.17) is 4.42 Å². The van der Waals surface area contributed by atoms with Crippen LogP contribution in [0.4, 0.5) is 5.69 Å². The fraction of sp³-hybridized carbons (Fsp3) is 0.211. The van der Waals surface area contributed by atoms with Crippen molar-refractivity contribution in [3.8, 4) is 0 Å². The van der Waals surface area contributed by atoms with Gasteiger partial charge in [-0.1, -0.05) is 19.9 Å². The number of anilines is 1. The van der Waals surface area contributed by atoms with E-state index in [1.165, 1.54) is 6.26 Å². The first-order chi connectivity index (χ1) is 12.1. The summed E-state index contributed by atoms with van der Waals surface area (Å²) in [6.45, 7) is 3.74. The Bertz CT molecular complexity index is 883. The molecule has 0 spiro atoms. The standard InChI is InChI=1S/C19H19N3O3/c1-12(2)17(22-18(23)16-9-5-11-25-16)19(24)21-15-8-3-7-14-13(15)6-4-10-20-14/h3-12,17H,1-2H3,(H,21,24)(H,22,23). The van der Waals surface area contributed by atoms with Gasteiger partial charge in [-0.05, 0) is 42.3 Å². The quantitative estimate of drug-likeness (QED) is 0.749. The van der Waals surface area contributed by atoms with Gasteiger partial charge in [0.25, 0.3) is 5.91 Å². The van der Waals surface area contributed by atoms with Gasteiger partial charge in [0, 0.05) is 11.6 Å². The van der Waals surface area contributed by atoms with Gasteiger partial charge in [0.15, 0.2) is 5.76 Å². The molecule has 128 valence electrons. The molecular weight excluding hydrogens is 318 g/mol. The van der Waals surface area contributed by atoms with Crippen molar-refractivity contribution in [3.63, 3.8) is 0 Å². The van der Waals surface area contributed by atoms with E-state index in [2.05, 4.69) is 15.6 Å². The van der Waals surface area contributed by atoms with Crippen LogP contribution in [-0.4, -0.2) is 22.8 Å². The van der Waals surface area contributed by atoms with Crippen LogP contribution in [0.25, 0.3) is 10.9 Å². The zero-order valence-corrected chi connectivity index (χ0v) is 14.0. The first-order valence-electron chi connectivity index (χ1n) is 8.05. The third kappa shape index (κ3) is 3.68. The molecule has 2 amide bonds. The van der Waals surface area contributed by atoms with Crippen molar-refractivity contribution in [2.45, 2.75) is 19.9 Å². The van der Waals surface area contributed by atoms with Gasteiger partial charge in [0.1, 0.15) is 6.04 Å². The number of amides is 2. The summed E-state index contributed by atoms with van der Waals surface area (Å²) in [5.41, 5.74) is 1.45. The first kappa shape index (κ1) is 16.7. The molecule has 3 aromatic rings. The van der Waals surface area contributed by atoms with Gasteiger partial charge in [-0.3, -0.25) is 14.6 Å². The second-order valence-corrected chi connectivity index (χ2v) is 6.04. The molecule has 2 aromatic heterocycles. The van der Waals surface area contributed by atoms with Crippen LogP contribution in [0.3, 0.4) is 0 Å². The van der Waals surface area contributed by atoms with Crippen LogP contribution in [0.1, 0.15) is 24.4 Å². The van der Waals surface area contributed by atoms with Crippen molar-refractivity contribution in [2.75, 3.05) is 5.32 Å². The lowest BCUT2D eigenvalue weighted by atomic mass is 10.0. The van der Waals surface area contributed by atoms with E-state index in [0.717, 1.165) is 10.9 Å². The summed E-state index contributed by atoms with van der Waals surface area (Å²) in [6, 6.07) is 11.7. The molecule has 6 nitrogen and oxygen atoms in total. The van der Waals surface area contributed by atoms with Crippen molar-refractivity contribution in [3.05, 3.63) is 60.7 Å². The molecule has 0 radical (unpaired) electrons. The molecule has 1 atom stereocenters. The molecule has 2 heterocycles. The Morgan fingerprint density at radius 3 is 2.64 bits per heavy atom.